The number of nitrogens with zero attached hydrogens (tertiary/aromatic N) is 1. The van der Waals surface area contributed by atoms with Crippen LogP contribution in [-0.2, 0) is 6.54 Å². The summed E-state index contributed by atoms with van der Waals surface area (Å²) < 4.78 is 6.18. The molecule has 3 nitrogen and oxygen atoms in total. The lowest BCUT2D eigenvalue weighted by atomic mass is 10.1. The molecule has 1 aliphatic rings. The number of fused-ring (bicyclic) bond motifs is 1. The molecule has 21 heavy (non-hydrogen) atoms. The summed E-state index contributed by atoms with van der Waals surface area (Å²) in [6.07, 6.45) is 2.78. The van der Waals surface area contributed by atoms with Gasteiger partial charge in [-0.2, -0.15) is 0 Å². The summed E-state index contributed by atoms with van der Waals surface area (Å²) in [7, 11) is 0. The van der Waals surface area contributed by atoms with Crippen LogP contribution in [0.15, 0.2) is 30.3 Å². The second-order valence-electron chi connectivity index (χ2n) is 6.35. The number of nitrogens with one attached hydrogen (secondary N) is 1. The molecule has 1 atom stereocenters. The van der Waals surface area contributed by atoms with Crippen LogP contribution in [0.3, 0.4) is 0 Å². The van der Waals surface area contributed by atoms with Crippen LogP contribution in [-0.4, -0.2) is 17.1 Å². The number of aromatic nitrogens is 1. The zero-order chi connectivity index (χ0) is 14.8. The van der Waals surface area contributed by atoms with Gasteiger partial charge in [0.25, 0.3) is 0 Å². The van der Waals surface area contributed by atoms with Gasteiger partial charge >= 0.3 is 0 Å². The van der Waals surface area contributed by atoms with E-state index >= 15 is 0 Å². The Hall–Kier alpha value is -1.61. The summed E-state index contributed by atoms with van der Waals surface area (Å²) in [6, 6.07) is 11.0. The highest BCUT2D eigenvalue weighted by Gasteiger charge is 2.20. The largest absolute Gasteiger partial charge is 0.490 e. The van der Waals surface area contributed by atoms with Crippen molar-refractivity contribution >= 4 is 10.9 Å². The van der Waals surface area contributed by atoms with Gasteiger partial charge in [-0.3, -0.25) is 4.98 Å². The molecule has 1 saturated carbocycles. The molecule has 1 N–H and O–H groups in total. The Kier molecular flexibility index (Phi) is 4.11. The summed E-state index contributed by atoms with van der Waals surface area (Å²) in [4.78, 5) is 4.75. The molecule has 3 heteroatoms. The molecule has 112 valence electrons. The molecule has 2 aromatic rings. The zero-order valence-electron chi connectivity index (χ0n) is 13.1. The molecule has 0 amide bonds. The Morgan fingerprint density at radius 3 is 2.71 bits per heavy atom. The summed E-state index contributed by atoms with van der Waals surface area (Å²) in [5, 5.41) is 4.62. The van der Waals surface area contributed by atoms with Crippen molar-refractivity contribution in [3.05, 3.63) is 36.0 Å². The van der Waals surface area contributed by atoms with Crippen molar-refractivity contribution < 1.29 is 4.74 Å². The maximum Gasteiger partial charge on any atom is 0.130 e. The molecule has 1 aliphatic carbocycles. The molecule has 1 fully saturated rings. The van der Waals surface area contributed by atoms with E-state index in [-0.39, 0.29) is 6.10 Å². The smallest absolute Gasteiger partial charge is 0.130 e. The number of hydrogen-bond acceptors (Lipinski definition) is 3. The number of ether oxygens (including phenoxy) is 1. The van der Waals surface area contributed by atoms with Gasteiger partial charge in [0, 0.05) is 24.0 Å². The van der Waals surface area contributed by atoms with E-state index in [2.05, 4.69) is 44.3 Å². The van der Waals surface area contributed by atoms with E-state index in [0.29, 0.717) is 12.0 Å². The molecule has 1 unspecified atom stereocenters. The molecule has 0 bridgehead atoms. The van der Waals surface area contributed by atoms with Gasteiger partial charge < -0.3 is 10.1 Å². The Morgan fingerprint density at radius 2 is 2.00 bits per heavy atom. The van der Waals surface area contributed by atoms with Gasteiger partial charge in [-0.05, 0) is 37.8 Å². The van der Waals surface area contributed by atoms with Crippen molar-refractivity contribution in [2.75, 3.05) is 0 Å². The maximum atomic E-state index is 6.18. The average Bonchev–Trinajstić information content (AvgIpc) is 3.29. The molecule has 0 spiro atoms. The quantitative estimate of drug-likeness (QED) is 0.873. The first kappa shape index (κ1) is 14.3. The molecule has 1 heterocycles. The van der Waals surface area contributed by atoms with Crippen LogP contribution in [0.4, 0.5) is 0 Å². The SMILES string of the molecule is CC(C)C(C)Oc1cc(CNC2CC2)nc2ccccc12. The molecule has 3 rings (SSSR count). The fourth-order valence-electron chi connectivity index (χ4n) is 2.26. The predicted molar refractivity (Wildman–Crippen MR) is 86.5 cm³/mol. The third-order valence-corrected chi connectivity index (χ3v) is 4.13. The minimum Gasteiger partial charge on any atom is -0.490 e. The van der Waals surface area contributed by atoms with Crippen LogP contribution in [0.5, 0.6) is 5.75 Å². The number of hydrogen-bond donors (Lipinski definition) is 1. The Balaban J connectivity index is 1.90. The minimum atomic E-state index is 0.194. The Morgan fingerprint density at radius 1 is 1.24 bits per heavy atom. The van der Waals surface area contributed by atoms with Crippen molar-refractivity contribution in [3.8, 4) is 5.75 Å². The molecular formula is C18H24N2O. The summed E-state index contributed by atoms with van der Waals surface area (Å²) in [5.74, 6) is 1.44. The molecule has 0 radical (unpaired) electrons. The highest BCUT2D eigenvalue weighted by molar-refractivity contribution is 5.85. The monoisotopic (exact) mass is 284 g/mol. The lowest BCUT2D eigenvalue weighted by molar-refractivity contribution is 0.172. The van der Waals surface area contributed by atoms with E-state index in [1.807, 2.05) is 12.1 Å². The Bertz CT molecular complexity index is 620. The molecule has 0 aliphatic heterocycles. The first-order chi connectivity index (χ1) is 10.1. The fraction of sp³-hybridized carbons (Fsp3) is 0.500. The van der Waals surface area contributed by atoms with E-state index in [4.69, 9.17) is 9.72 Å². The van der Waals surface area contributed by atoms with E-state index in [1.165, 1.54) is 12.8 Å². The van der Waals surface area contributed by atoms with Crippen LogP contribution in [0.1, 0.15) is 39.3 Å². The van der Waals surface area contributed by atoms with E-state index in [0.717, 1.165) is 28.9 Å². The topological polar surface area (TPSA) is 34.1 Å². The predicted octanol–water partition coefficient (Wildman–Crippen LogP) is 3.91. The van der Waals surface area contributed by atoms with Gasteiger partial charge in [0.2, 0.25) is 0 Å². The third kappa shape index (κ3) is 3.53. The molecule has 1 aromatic heterocycles. The minimum absolute atomic E-state index is 0.194. The van der Waals surface area contributed by atoms with Crippen molar-refractivity contribution in [2.24, 2.45) is 5.92 Å². The first-order valence-electron chi connectivity index (χ1n) is 7.92. The van der Waals surface area contributed by atoms with Gasteiger partial charge in [-0.15, -0.1) is 0 Å². The zero-order valence-corrected chi connectivity index (χ0v) is 13.1. The summed E-state index contributed by atoms with van der Waals surface area (Å²) >= 11 is 0. The number of para-hydroxylation sites is 1. The Labute approximate surface area is 126 Å². The van der Waals surface area contributed by atoms with Gasteiger partial charge in [-0.1, -0.05) is 26.0 Å². The van der Waals surface area contributed by atoms with Crippen LogP contribution in [0.2, 0.25) is 0 Å². The molecular weight excluding hydrogens is 260 g/mol. The van der Waals surface area contributed by atoms with Crippen LogP contribution >= 0.6 is 0 Å². The maximum absolute atomic E-state index is 6.18. The van der Waals surface area contributed by atoms with Crippen molar-refractivity contribution in [1.82, 2.24) is 10.3 Å². The van der Waals surface area contributed by atoms with Crippen LogP contribution in [0.25, 0.3) is 10.9 Å². The lowest BCUT2D eigenvalue weighted by Gasteiger charge is -2.20. The second kappa shape index (κ2) is 6.02. The second-order valence-corrected chi connectivity index (χ2v) is 6.35. The molecule has 1 aromatic carbocycles. The third-order valence-electron chi connectivity index (χ3n) is 4.13. The lowest BCUT2D eigenvalue weighted by Crippen LogP contribution is -2.20. The van der Waals surface area contributed by atoms with Crippen LogP contribution in [0, 0.1) is 5.92 Å². The summed E-state index contributed by atoms with van der Waals surface area (Å²) in [6.45, 7) is 7.32. The fourth-order valence-corrected chi connectivity index (χ4v) is 2.26. The normalized spacial score (nSPS) is 16.4. The van der Waals surface area contributed by atoms with Gasteiger partial charge in [0.15, 0.2) is 0 Å². The van der Waals surface area contributed by atoms with Crippen LogP contribution < -0.4 is 10.1 Å². The van der Waals surface area contributed by atoms with E-state index < -0.39 is 0 Å². The average molecular weight is 284 g/mol. The number of pyridine rings is 1. The number of benzene rings is 1. The van der Waals surface area contributed by atoms with Gasteiger partial charge in [-0.25, -0.2) is 0 Å². The number of rotatable bonds is 6. The highest BCUT2D eigenvalue weighted by Crippen LogP contribution is 2.28. The van der Waals surface area contributed by atoms with E-state index in [1.54, 1.807) is 0 Å². The van der Waals surface area contributed by atoms with Gasteiger partial charge in [0.05, 0.1) is 17.3 Å². The first-order valence-corrected chi connectivity index (χ1v) is 7.92. The molecule has 0 saturated heterocycles. The highest BCUT2D eigenvalue weighted by atomic mass is 16.5. The van der Waals surface area contributed by atoms with Crippen molar-refractivity contribution in [3.63, 3.8) is 0 Å². The van der Waals surface area contributed by atoms with Crippen molar-refractivity contribution in [2.45, 2.75) is 52.3 Å². The van der Waals surface area contributed by atoms with E-state index in [9.17, 15) is 0 Å². The van der Waals surface area contributed by atoms with Crippen molar-refractivity contribution in [1.29, 1.82) is 0 Å². The summed E-state index contributed by atoms with van der Waals surface area (Å²) in [5.41, 5.74) is 2.07. The standard InChI is InChI=1S/C18H24N2O/c1-12(2)13(3)21-18-10-15(11-19-14-8-9-14)20-17-7-5-4-6-16(17)18/h4-7,10,12-14,19H,8-9,11H2,1-3H3. The van der Waals surface area contributed by atoms with Gasteiger partial charge in [0.1, 0.15) is 5.75 Å².